The quantitative estimate of drug-likeness (QED) is 0.721. The fourth-order valence-electron chi connectivity index (χ4n) is 1.42. The number of hydrogen-bond donors (Lipinski definition) is 2. The Labute approximate surface area is 123 Å². The largest absolute Gasteiger partial charge is 0.491 e. The summed E-state index contributed by atoms with van der Waals surface area (Å²) in [5, 5.41) is 5.63. The van der Waals surface area contributed by atoms with E-state index in [9.17, 15) is 13.6 Å². The maximum absolute atomic E-state index is 13.2. The maximum atomic E-state index is 13.2. The van der Waals surface area contributed by atoms with E-state index in [0.717, 1.165) is 12.1 Å². The summed E-state index contributed by atoms with van der Waals surface area (Å²) in [5.74, 6) is -1.46. The first kappa shape index (κ1) is 18.6. The van der Waals surface area contributed by atoms with Crippen LogP contribution in [0.1, 0.15) is 12.8 Å². The summed E-state index contributed by atoms with van der Waals surface area (Å²) in [6, 6.07) is 3.13. The molecule has 0 unspecified atom stereocenters. The zero-order valence-corrected chi connectivity index (χ0v) is 12.1. The first-order valence-electron chi connectivity index (χ1n) is 6.12. The lowest BCUT2D eigenvalue weighted by atomic mass is 10.3. The second-order valence-electron chi connectivity index (χ2n) is 3.98. The molecule has 0 heterocycles. The highest BCUT2D eigenvalue weighted by molar-refractivity contribution is 5.85. The number of carbonyl (C=O) groups excluding carboxylic acids is 1. The third-order valence-electron chi connectivity index (χ3n) is 2.40. The van der Waals surface area contributed by atoms with Gasteiger partial charge in [-0.25, -0.2) is 8.78 Å². The van der Waals surface area contributed by atoms with Gasteiger partial charge in [-0.2, -0.15) is 0 Å². The van der Waals surface area contributed by atoms with Gasteiger partial charge >= 0.3 is 0 Å². The molecule has 2 N–H and O–H groups in total. The van der Waals surface area contributed by atoms with Crippen LogP contribution >= 0.6 is 12.4 Å². The van der Waals surface area contributed by atoms with Gasteiger partial charge in [0.05, 0.1) is 6.61 Å². The van der Waals surface area contributed by atoms with Crippen molar-refractivity contribution in [1.82, 2.24) is 10.6 Å². The van der Waals surface area contributed by atoms with Crippen LogP contribution in [-0.2, 0) is 4.79 Å². The summed E-state index contributed by atoms with van der Waals surface area (Å²) < 4.78 is 31.0. The number of nitrogens with one attached hydrogen (secondary N) is 2. The molecule has 4 nitrogen and oxygen atoms in total. The fourth-order valence-corrected chi connectivity index (χ4v) is 1.42. The van der Waals surface area contributed by atoms with Crippen LogP contribution in [0, 0.1) is 11.6 Å². The van der Waals surface area contributed by atoms with Gasteiger partial charge in [-0.3, -0.25) is 4.79 Å². The van der Waals surface area contributed by atoms with Crippen LogP contribution in [-0.4, -0.2) is 32.7 Å². The van der Waals surface area contributed by atoms with Gasteiger partial charge in [-0.1, -0.05) is 0 Å². The molecule has 0 aliphatic rings. The molecule has 0 saturated carbocycles. The molecule has 0 saturated heterocycles. The number of halogens is 3. The van der Waals surface area contributed by atoms with Crippen molar-refractivity contribution in [3.63, 3.8) is 0 Å². The Morgan fingerprint density at radius 1 is 1.30 bits per heavy atom. The number of likely N-dealkylation sites (N-methyl/N-ethyl adjacent to an activating group) is 1. The molecule has 0 fully saturated rings. The Morgan fingerprint density at radius 3 is 2.70 bits per heavy atom. The van der Waals surface area contributed by atoms with Crippen molar-refractivity contribution < 1.29 is 18.3 Å². The predicted molar refractivity (Wildman–Crippen MR) is 75.3 cm³/mol. The highest BCUT2D eigenvalue weighted by Crippen LogP contribution is 2.17. The van der Waals surface area contributed by atoms with E-state index >= 15 is 0 Å². The van der Waals surface area contributed by atoms with Crippen molar-refractivity contribution in [2.45, 2.75) is 12.8 Å². The Morgan fingerprint density at radius 2 is 2.05 bits per heavy atom. The number of hydrogen-bond acceptors (Lipinski definition) is 3. The van der Waals surface area contributed by atoms with Crippen LogP contribution in [0.25, 0.3) is 0 Å². The zero-order chi connectivity index (χ0) is 14.1. The normalized spacial score (nSPS) is 9.75. The second kappa shape index (κ2) is 10.4. The molecule has 1 rings (SSSR count). The highest BCUT2D eigenvalue weighted by atomic mass is 35.5. The molecule has 0 aliphatic carbocycles. The van der Waals surface area contributed by atoms with Gasteiger partial charge in [0.1, 0.15) is 5.82 Å². The van der Waals surface area contributed by atoms with Crippen LogP contribution in [0.3, 0.4) is 0 Å². The Kier molecular flexibility index (Phi) is 9.67. The molecule has 0 aromatic heterocycles. The second-order valence-corrected chi connectivity index (χ2v) is 3.98. The summed E-state index contributed by atoms with van der Waals surface area (Å²) in [6.07, 6.45) is 0.786. The molecule has 0 spiro atoms. The van der Waals surface area contributed by atoms with E-state index in [4.69, 9.17) is 4.74 Å². The maximum Gasteiger partial charge on any atom is 0.220 e. The number of rotatable bonds is 8. The van der Waals surface area contributed by atoms with Gasteiger partial charge in [0.15, 0.2) is 11.6 Å². The summed E-state index contributed by atoms with van der Waals surface area (Å²) in [7, 11) is 1.80. The molecule has 0 bridgehead atoms. The van der Waals surface area contributed by atoms with E-state index in [1.165, 1.54) is 6.07 Å². The van der Waals surface area contributed by atoms with Gasteiger partial charge in [-0.05, 0) is 25.6 Å². The van der Waals surface area contributed by atoms with Crippen molar-refractivity contribution >= 4 is 18.3 Å². The minimum Gasteiger partial charge on any atom is -0.491 e. The summed E-state index contributed by atoms with van der Waals surface area (Å²) in [5.41, 5.74) is 0. The van der Waals surface area contributed by atoms with E-state index in [0.29, 0.717) is 25.9 Å². The highest BCUT2D eigenvalue weighted by Gasteiger charge is 2.05. The molecule has 114 valence electrons. The van der Waals surface area contributed by atoms with Crippen molar-refractivity contribution in [2.75, 3.05) is 26.7 Å². The van der Waals surface area contributed by atoms with Crippen molar-refractivity contribution in [2.24, 2.45) is 0 Å². The number of ether oxygens (including phenoxy) is 1. The van der Waals surface area contributed by atoms with Gasteiger partial charge in [0.2, 0.25) is 5.91 Å². The standard InChI is InChI=1S/C13H18F2N2O2.ClH/c1-16-6-7-17-13(18)3-2-8-19-12-5-4-10(14)9-11(12)15;/h4-5,9,16H,2-3,6-8H2,1H3,(H,17,18);1H. The summed E-state index contributed by atoms with van der Waals surface area (Å²) in [6.45, 7) is 1.49. The topological polar surface area (TPSA) is 50.4 Å². The molecular weight excluding hydrogens is 290 g/mol. The fraction of sp³-hybridized carbons (Fsp3) is 0.462. The average molecular weight is 309 g/mol. The summed E-state index contributed by atoms with van der Waals surface area (Å²) in [4.78, 5) is 11.3. The van der Waals surface area contributed by atoms with Crippen molar-refractivity contribution in [1.29, 1.82) is 0 Å². The Bertz CT molecular complexity index is 419. The molecule has 0 atom stereocenters. The number of benzene rings is 1. The third-order valence-corrected chi connectivity index (χ3v) is 2.40. The summed E-state index contributed by atoms with van der Waals surface area (Å²) >= 11 is 0. The van der Waals surface area contributed by atoms with Crippen molar-refractivity contribution in [3.8, 4) is 5.75 Å². The van der Waals surface area contributed by atoms with Gasteiger partial charge in [0, 0.05) is 25.6 Å². The number of amides is 1. The molecule has 0 aliphatic heterocycles. The molecular formula is C13H19ClF2N2O2. The zero-order valence-electron chi connectivity index (χ0n) is 11.2. The molecule has 1 aromatic carbocycles. The van der Waals surface area contributed by atoms with Gasteiger partial charge in [-0.15, -0.1) is 12.4 Å². The van der Waals surface area contributed by atoms with Crippen LogP contribution in [0.5, 0.6) is 5.75 Å². The van der Waals surface area contributed by atoms with E-state index in [1.807, 2.05) is 0 Å². The monoisotopic (exact) mass is 308 g/mol. The molecule has 7 heteroatoms. The lowest BCUT2D eigenvalue weighted by molar-refractivity contribution is -0.121. The minimum atomic E-state index is -0.738. The molecule has 0 radical (unpaired) electrons. The predicted octanol–water partition coefficient (Wildman–Crippen LogP) is 1.88. The average Bonchev–Trinajstić information content (AvgIpc) is 2.37. The SMILES string of the molecule is CNCCNC(=O)CCCOc1ccc(F)cc1F.Cl. The molecule has 20 heavy (non-hydrogen) atoms. The van der Waals surface area contributed by atoms with E-state index in [2.05, 4.69) is 10.6 Å². The molecule has 1 amide bonds. The van der Waals surface area contributed by atoms with E-state index in [1.54, 1.807) is 7.05 Å². The van der Waals surface area contributed by atoms with Crippen LogP contribution in [0.2, 0.25) is 0 Å². The van der Waals surface area contributed by atoms with Gasteiger partial charge in [0.25, 0.3) is 0 Å². The van der Waals surface area contributed by atoms with E-state index in [-0.39, 0.29) is 30.7 Å². The van der Waals surface area contributed by atoms with Crippen LogP contribution in [0.4, 0.5) is 8.78 Å². The lowest BCUT2D eigenvalue weighted by Gasteiger charge is -2.07. The first-order chi connectivity index (χ1) is 9.13. The minimum absolute atomic E-state index is 0. The van der Waals surface area contributed by atoms with E-state index < -0.39 is 11.6 Å². The Hall–Kier alpha value is -1.40. The lowest BCUT2D eigenvalue weighted by Crippen LogP contribution is -2.30. The van der Waals surface area contributed by atoms with Crippen molar-refractivity contribution in [3.05, 3.63) is 29.8 Å². The van der Waals surface area contributed by atoms with Crippen LogP contribution in [0.15, 0.2) is 18.2 Å². The van der Waals surface area contributed by atoms with Gasteiger partial charge < -0.3 is 15.4 Å². The Balaban J connectivity index is 0.00000361. The van der Waals surface area contributed by atoms with Crippen LogP contribution < -0.4 is 15.4 Å². The smallest absolute Gasteiger partial charge is 0.220 e. The third kappa shape index (κ3) is 7.25. The number of carbonyl (C=O) groups is 1. The molecule has 1 aromatic rings. The first-order valence-corrected chi connectivity index (χ1v) is 6.12.